The lowest BCUT2D eigenvalue weighted by Gasteiger charge is -1.96. The van der Waals surface area contributed by atoms with Crippen LogP contribution in [0.1, 0.15) is 23.0 Å². The fourth-order valence-corrected chi connectivity index (χ4v) is 1.61. The Balaban J connectivity index is 2.58. The summed E-state index contributed by atoms with van der Waals surface area (Å²) in [6.07, 6.45) is 0. The molecule has 1 aromatic heterocycles. The SMILES string of the molecule is CCOC(=O)c1cc2c(C#N)cc(F)cc2[nH]1. The van der Waals surface area contributed by atoms with E-state index in [0.29, 0.717) is 10.9 Å². The minimum absolute atomic E-state index is 0.187. The first-order chi connectivity index (χ1) is 8.15. The van der Waals surface area contributed by atoms with Gasteiger partial charge in [0.05, 0.1) is 23.8 Å². The number of H-pyrrole nitrogens is 1. The van der Waals surface area contributed by atoms with Gasteiger partial charge in [-0.1, -0.05) is 0 Å². The average Bonchev–Trinajstić information content (AvgIpc) is 2.71. The fourth-order valence-electron chi connectivity index (χ4n) is 1.61. The van der Waals surface area contributed by atoms with E-state index >= 15 is 0 Å². The molecule has 0 fully saturated rings. The third-order valence-corrected chi connectivity index (χ3v) is 2.32. The summed E-state index contributed by atoms with van der Waals surface area (Å²) >= 11 is 0. The molecule has 2 aromatic rings. The van der Waals surface area contributed by atoms with E-state index in [-0.39, 0.29) is 17.9 Å². The molecule has 0 unspecified atom stereocenters. The maximum absolute atomic E-state index is 13.2. The number of nitrogens with one attached hydrogen (secondary N) is 1. The Labute approximate surface area is 96.6 Å². The minimum Gasteiger partial charge on any atom is -0.461 e. The molecule has 1 heterocycles. The second-order valence-electron chi connectivity index (χ2n) is 3.43. The van der Waals surface area contributed by atoms with Gasteiger partial charge in [-0.05, 0) is 25.1 Å². The largest absolute Gasteiger partial charge is 0.461 e. The molecule has 5 heteroatoms. The highest BCUT2D eigenvalue weighted by atomic mass is 19.1. The molecule has 2 rings (SSSR count). The zero-order chi connectivity index (χ0) is 12.4. The van der Waals surface area contributed by atoms with E-state index in [0.717, 1.165) is 6.07 Å². The molecule has 17 heavy (non-hydrogen) atoms. The van der Waals surface area contributed by atoms with Crippen molar-refractivity contribution in [2.24, 2.45) is 0 Å². The molecule has 1 aromatic carbocycles. The molecule has 0 aliphatic rings. The summed E-state index contributed by atoms with van der Waals surface area (Å²) in [5.41, 5.74) is 0.806. The Morgan fingerprint density at radius 1 is 1.53 bits per heavy atom. The summed E-state index contributed by atoms with van der Waals surface area (Å²) < 4.78 is 18.0. The van der Waals surface area contributed by atoms with Crippen molar-refractivity contribution in [3.63, 3.8) is 0 Å². The highest BCUT2D eigenvalue weighted by Gasteiger charge is 2.13. The van der Waals surface area contributed by atoms with Crippen LogP contribution in [0.15, 0.2) is 18.2 Å². The molecular weight excluding hydrogens is 223 g/mol. The number of ether oxygens (including phenoxy) is 1. The fraction of sp³-hybridized carbons (Fsp3) is 0.167. The van der Waals surface area contributed by atoms with Gasteiger partial charge in [0.25, 0.3) is 0 Å². The number of hydrogen-bond donors (Lipinski definition) is 1. The van der Waals surface area contributed by atoms with Gasteiger partial charge in [0, 0.05) is 5.39 Å². The summed E-state index contributed by atoms with van der Waals surface area (Å²) in [5, 5.41) is 9.38. The Hall–Kier alpha value is -2.35. The number of esters is 1. The highest BCUT2D eigenvalue weighted by molar-refractivity contribution is 5.96. The van der Waals surface area contributed by atoms with E-state index < -0.39 is 11.8 Å². The average molecular weight is 232 g/mol. The van der Waals surface area contributed by atoms with Crippen molar-refractivity contribution in [1.82, 2.24) is 4.98 Å². The van der Waals surface area contributed by atoms with Gasteiger partial charge in [-0.25, -0.2) is 9.18 Å². The van der Waals surface area contributed by atoms with E-state index in [1.807, 2.05) is 6.07 Å². The second kappa shape index (κ2) is 4.26. The monoisotopic (exact) mass is 232 g/mol. The second-order valence-corrected chi connectivity index (χ2v) is 3.43. The van der Waals surface area contributed by atoms with Gasteiger partial charge in [-0.2, -0.15) is 5.26 Å². The third-order valence-electron chi connectivity index (χ3n) is 2.32. The van der Waals surface area contributed by atoms with Gasteiger partial charge >= 0.3 is 5.97 Å². The summed E-state index contributed by atoms with van der Waals surface area (Å²) in [6.45, 7) is 1.95. The van der Waals surface area contributed by atoms with E-state index in [2.05, 4.69) is 4.98 Å². The van der Waals surface area contributed by atoms with Crippen molar-refractivity contribution < 1.29 is 13.9 Å². The Bertz CT molecular complexity index is 625. The zero-order valence-corrected chi connectivity index (χ0v) is 9.08. The Morgan fingerprint density at radius 3 is 2.94 bits per heavy atom. The van der Waals surface area contributed by atoms with Crippen molar-refractivity contribution in [2.75, 3.05) is 6.61 Å². The first kappa shape index (κ1) is 11.1. The van der Waals surface area contributed by atoms with Crippen LogP contribution < -0.4 is 0 Å². The number of nitrogens with zero attached hydrogens (tertiary/aromatic N) is 1. The van der Waals surface area contributed by atoms with E-state index in [1.54, 1.807) is 6.92 Å². The maximum atomic E-state index is 13.2. The lowest BCUT2D eigenvalue weighted by Crippen LogP contribution is -2.04. The molecule has 0 aliphatic heterocycles. The van der Waals surface area contributed by atoms with Crippen LogP contribution in [0.4, 0.5) is 4.39 Å². The first-order valence-corrected chi connectivity index (χ1v) is 5.05. The molecule has 0 radical (unpaired) electrons. The smallest absolute Gasteiger partial charge is 0.354 e. The molecule has 86 valence electrons. The van der Waals surface area contributed by atoms with Crippen LogP contribution >= 0.6 is 0 Å². The molecule has 0 atom stereocenters. The van der Waals surface area contributed by atoms with Gasteiger partial charge in [-0.15, -0.1) is 0 Å². The van der Waals surface area contributed by atoms with Gasteiger partial charge in [-0.3, -0.25) is 0 Å². The van der Waals surface area contributed by atoms with Gasteiger partial charge in [0.1, 0.15) is 11.5 Å². The van der Waals surface area contributed by atoms with Gasteiger partial charge < -0.3 is 9.72 Å². The maximum Gasteiger partial charge on any atom is 0.354 e. The molecule has 0 spiro atoms. The standard InChI is InChI=1S/C12H9FN2O2/c1-2-17-12(16)11-5-9-7(6-14)3-8(13)4-10(9)15-11/h3-5,15H,2H2,1H3. The Morgan fingerprint density at radius 2 is 2.29 bits per heavy atom. The van der Waals surface area contributed by atoms with Gasteiger partial charge in [0.2, 0.25) is 0 Å². The van der Waals surface area contributed by atoms with Crippen LogP contribution in [0.5, 0.6) is 0 Å². The predicted octanol–water partition coefficient (Wildman–Crippen LogP) is 2.36. The van der Waals surface area contributed by atoms with Crippen LogP contribution in [0.3, 0.4) is 0 Å². The molecule has 0 amide bonds. The number of carbonyl (C=O) groups is 1. The molecule has 0 saturated carbocycles. The van der Waals surface area contributed by atoms with Crippen molar-refractivity contribution in [1.29, 1.82) is 5.26 Å². The first-order valence-electron chi connectivity index (χ1n) is 5.05. The summed E-state index contributed by atoms with van der Waals surface area (Å²) in [5.74, 6) is -1.04. The van der Waals surface area contributed by atoms with Crippen molar-refractivity contribution in [3.8, 4) is 6.07 Å². The van der Waals surface area contributed by atoms with E-state index in [9.17, 15) is 9.18 Å². The van der Waals surface area contributed by atoms with Crippen molar-refractivity contribution in [2.45, 2.75) is 6.92 Å². The number of aromatic nitrogens is 1. The molecule has 1 N–H and O–H groups in total. The predicted molar refractivity (Wildman–Crippen MR) is 58.9 cm³/mol. The molecule has 4 nitrogen and oxygen atoms in total. The van der Waals surface area contributed by atoms with E-state index in [4.69, 9.17) is 10.00 Å². The molecule has 0 saturated heterocycles. The number of rotatable bonds is 2. The van der Waals surface area contributed by atoms with Gasteiger partial charge in [0.15, 0.2) is 0 Å². The van der Waals surface area contributed by atoms with Crippen LogP contribution in [0, 0.1) is 17.1 Å². The number of carbonyl (C=O) groups excluding carboxylic acids is 1. The number of benzene rings is 1. The summed E-state index contributed by atoms with van der Waals surface area (Å²) in [6, 6.07) is 5.74. The number of hydrogen-bond acceptors (Lipinski definition) is 3. The van der Waals surface area contributed by atoms with E-state index in [1.165, 1.54) is 12.1 Å². The summed E-state index contributed by atoms with van der Waals surface area (Å²) in [4.78, 5) is 14.2. The van der Waals surface area contributed by atoms with Crippen LogP contribution in [0.25, 0.3) is 10.9 Å². The Kier molecular flexibility index (Phi) is 2.79. The van der Waals surface area contributed by atoms with Crippen LogP contribution in [0.2, 0.25) is 0 Å². The van der Waals surface area contributed by atoms with Crippen molar-refractivity contribution in [3.05, 3.63) is 35.3 Å². The molecule has 0 bridgehead atoms. The lowest BCUT2D eigenvalue weighted by atomic mass is 10.1. The number of fused-ring (bicyclic) bond motifs is 1. The third kappa shape index (κ3) is 1.97. The topological polar surface area (TPSA) is 65.9 Å². The van der Waals surface area contributed by atoms with Crippen LogP contribution in [-0.4, -0.2) is 17.6 Å². The summed E-state index contributed by atoms with van der Waals surface area (Å²) in [7, 11) is 0. The van der Waals surface area contributed by atoms with Crippen LogP contribution in [-0.2, 0) is 4.74 Å². The number of nitriles is 1. The zero-order valence-electron chi connectivity index (χ0n) is 9.08. The lowest BCUT2D eigenvalue weighted by molar-refractivity contribution is 0.0520. The molecule has 0 aliphatic carbocycles. The normalized spacial score (nSPS) is 10.2. The van der Waals surface area contributed by atoms with Crippen molar-refractivity contribution >= 4 is 16.9 Å². The molecular formula is C12H9FN2O2. The highest BCUT2D eigenvalue weighted by Crippen LogP contribution is 2.21. The quantitative estimate of drug-likeness (QED) is 0.808. The minimum atomic E-state index is -0.522. The number of aromatic amines is 1. The number of halogens is 1.